The van der Waals surface area contributed by atoms with Gasteiger partial charge in [-0.1, -0.05) is 48.2 Å². The molecule has 0 aliphatic carbocycles. The molecule has 1 atom stereocenters. The van der Waals surface area contributed by atoms with Crippen molar-refractivity contribution in [3.63, 3.8) is 0 Å². The molecular weight excluding hydrogens is 458 g/mol. The first-order valence-corrected chi connectivity index (χ1v) is 12.3. The van der Waals surface area contributed by atoms with Gasteiger partial charge in [-0.2, -0.15) is 5.10 Å². The summed E-state index contributed by atoms with van der Waals surface area (Å²) in [6.07, 6.45) is 0. The monoisotopic (exact) mass is 483 g/mol. The number of rotatable bonds is 6. The number of nitrogens with zero attached hydrogens (tertiary/aromatic N) is 3. The molecule has 0 saturated carbocycles. The van der Waals surface area contributed by atoms with Crippen molar-refractivity contribution >= 4 is 51.9 Å². The highest BCUT2D eigenvalue weighted by Crippen LogP contribution is 2.60. The number of para-hydroxylation sites is 2. The fraction of sp³-hybridized carbons (Fsp3) is 0.292. The fourth-order valence-electron chi connectivity index (χ4n) is 3.72. The van der Waals surface area contributed by atoms with E-state index in [-0.39, 0.29) is 18.3 Å². The van der Waals surface area contributed by atoms with Gasteiger partial charge in [0.2, 0.25) is 9.37 Å². The Kier molecular flexibility index (Phi) is 6.71. The molecule has 0 saturated heterocycles. The number of aryl methyl sites for hydroxylation is 1. The smallest absolute Gasteiger partial charge is 0.365 e. The predicted molar refractivity (Wildman–Crippen MR) is 134 cm³/mol. The van der Waals surface area contributed by atoms with E-state index in [1.54, 1.807) is 13.8 Å². The van der Waals surface area contributed by atoms with E-state index < -0.39 is 16.3 Å². The highest BCUT2D eigenvalue weighted by molar-refractivity contribution is 8.29. The summed E-state index contributed by atoms with van der Waals surface area (Å²) in [6.45, 7) is 7.94. The Bertz CT molecular complexity index is 1140. The highest BCUT2D eigenvalue weighted by atomic mass is 32.2. The van der Waals surface area contributed by atoms with E-state index in [4.69, 9.17) is 14.6 Å². The third-order valence-electron chi connectivity index (χ3n) is 5.14. The summed E-state index contributed by atoms with van der Waals surface area (Å²) in [5, 5.41) is 6.76. The Morgan fingerprint density at radius 2 is 1.55 bits per heavy atom. The van der Waals surface area contributed by atoms with Crippen LogP contribution in [0.3, 0.4) is 0 Å². The van der Waals surface area contributed by atoms with Gasteiger partial charge in [0.1, 0.15) is 4.91 Å². The largest absolute Gasteiger partial charge is 0.462 e. The Balaban J connectivity index is 1.90. The lowest BCUT2D eigenvalue weighted by Crippen LogP contribution is -2.49. The number of anilines is 2. The van der Waals surface area contributed by atoms with Gasteiger partial charge in [0.25, 0.3) is 0 Å². The number of carbonyl (C=O) groups is 2. The quantitative estimate of drug-likeness (QED) is 0.527. The molecule has 2 aliphatic rings. The van der Waals surface area contributed by atoms with Crippen LogP contribution >= 0.6 is 23.5 Å². The molecule has 1 unspecified atom stereocenters. The van der Waals surface area contributed by atoms with Crippen LogP contribution in [0, 0.1) is 6.92 Å². The van der Waals surface area contributed by atoms with Crippen molar-refractivity contribution in [2.45, 2.75) is 32.0 Å². The van der Waals surface area contributed by atoms with E-state index in [0.717, 1.165) is 22.6 Å². The van der Waals surface area contributed by atoms with Gasteiger partial charge in [0.15, 0.2) is 0 Å². The molecule has 4 rings (SSSR count). The second kappa shape index (κ2) is 9.52. The molecule has 1 spiro atoms. The molecule has 33 heavy (non-hydrogen) atoms. The molecule has 7 nitrogen and oxygen atoms in total. The Labute approximate surface area is 201 Å². The molecule has 2 aromatic rings. The zero-order chi connectivity index (χ0) is 23.6. The van der Waals surface area contributed by atoms with E-state index in [1.807, 2.05) is 78.4 Å². The SMILES string of the molecule is CCOC(=O)C1=NN(c2ccccc2C)C2(S1)SC(C(=O)OCC)=C(C)N2c1ccccc1. The standard InChI is InChI=1S/C24H25N3O4S2/c1-5-30-22(28)20-17(4)26(18-13-8-7-9-14-18)24(32-20)27(19-15-11-10-12-16(19)3)25-21(33-24)23(29)31-6-2/h7-15H,5-6H2,1-4H3. The fourth-order valence-corrected chi connectivity index (χ4v) is 6.65. The first-order chi connectivity index (χ1) is 15.9. The van der Waals surface area contributed by atoms with Crippen molar-refractivity contribution in [3.8, 4) is 0 Å². The minimum Gasteiger partial charge on any atom is -0.462 e. The highest BCUT2D eigenvalue weighted by Gasteiger charge is 2.58. The van der Waals surface area contributed by atoms with Crippen LogP contribution in [0.25, 0.3) is 0 Å². The molecule has 2 heterocycles. The van der Waals surface area contributed by atoms with Gasteiger partial charge in [-0.15, -0.1) is 0 Å². The lowest BCUT2D eigenvalue weighted by Gasteiger charge is -2.41. The Morgan fingerprint density at radius 1 is 0.909 bits per heavy atom. The zero-order valence-electron chi connectivity index (χ0n) is 18.9. The summed E-state index contributed by atoms with van der Waals surface area (Å²) >= 11 is 2.60. The first kappa shape index (κ1) is 23.3. The molecule has 0 fully saturated rings. The average Bonchev–Trinajstić information content (AvgIpc) is 3.33. The number of hydrogen-bond acceptors (Lipinski definition) is 9. The van der Waals surface area contributed by atoms with Gasteiger partial charge in [-0.05, 0) is 63.2 Å². The molecule has 0 radical (unpaired) electrons. The minimum absolute atomic E-state index is 0.228. The third kappa shape index (κ3) is 4.11. The van der Waals surface area contributed by atoms with Crippen molar-refractivity contribution in [1.29, 1.82) is 0 Å². The summed E-state index contributed by atoms with van der Waals surface area (Å²) in [7, 11) is 0. The lowest BCUT2D eigenvalue weighted by atomic mass is 10.2. The number of thioether (sulfide) groups is 2. The van der Waals surface area contributed by atoms with Crippen LogP contribution in [0.15, 0.2) is 70.3 Å². The predicted octanol–water partition coefficient (Wildman–Crippen LogP) is 5.08. The van der Waals surface area contributed by atoms with Crippen LogP contribution in [-0.4, -0.2) is 34.5 Å². The molecular formula is C24H25N3O4S2. The van der Waals surface area contributed by atoms with Gasteiger partial charge in [-0.25, -0.2) is 14.6 Å². The van der Waals surface area contributed by atoms with Gasteiger partial charge < -0.3 is 14.4 Å². The number of carbonyl (C=O) groups excluding carboxylic acids is 2. The van der Waals surface area contributed by atoms with Crippen LogP contribution in [0.5, 0.6) is 0 Å². The maximum absolute atomic E-state index is 12.9. The van der Waals surface area contributed by atoms with Crippen molar-refractivity contribution in [2.24, 2.45) is 5.10 Å². The van der Waals surface area contributed by atoms with E-state index in [0.29, 0.717) is 4.91 Å². The Hall–Kier alpha value is -2.91. The summed E-state index contributed by atoms with van der Waals surface area (Å²) in [5.41, 5.74) is 3.42. The van der Waals surface area contributed by atoms with Crippen molar-refractivity contribution in [3.05, 3.63) is 70.8 Å². The van der Waals surface area contributed by atoms with E-state index in [2.05, 4.69) is 0 Å². The summed E-state index contributed by atoms with van der Waals surface area (Å²) in [4.78, 5) is 28.2. The summed E-state index contributed by atoms with van der Waals surface area (Å²) in [5.74, 6) is -0.887. The first-order valence-electron chi connectivity index (χ1n) is 10.7. The topological polar surface area (TPSA) is 71.4 Å². The summed E-state index contributed by atoms with van der Waals surface area (Å²) < 4.78 is 9.65. The van der Waals surface area contributed by atoms with Crippen LogP contribution in [0.1, 0.15) is 26.3 Å². The molecule has 0 aromatic heterocycles. The maximum Gasteiger partial charge on any atom is 0.365 e. The van der Waals surface area contributed by atoms with Crippen LogP contribution < -0.4 is 9.91 Å². The third-order valence-corrected chi connectivity index (χ3v) is 7.99. The van der Waals surface area contributed by atoms with Gasteiger partial charge in [-0.3, -0.25) is 0 Å². The minimum atomic E-state index is -0.984. The number of hydrazone groups is 1. The maximum atomic E-state index is 12.9. The zero-order valence-corrected chi connectivity index (χ0v) is 20.5. The molecule has 2 aliphatic heterocycles. The summed E-state index contributed by atoms with van der Waals surface area (Å²) in [6, 6.07) is 17.6. The van der Waals surface area contributed by atoms with Gasteiger partial charge in [0.05, 0.1) is 18.9 Å². The van der Waals surface area contributed by atoms with Crippen molar-refractivity contribution in [2.75, 3.05) is 23.1 Å². The van der Waals surface area contributed by atoms with E-state index in [1.165, 1.54) is 23.5 Å². The molecule has 0 bridgehead atoms. The van der Waals surface area contributed by atoms with Gasteiger partial charge in [0, 0.05) is 11.4 Å². The Morgan fingerprint density at radius 3 is 2.21 bits per heavy atom. The van der Waals surface area contributed by atoms with Crippen molar-refractivity contribution in [1.82, 2.24) is 0 Å². The normalized spacial score (nSPS) is 19.8. The van der Waals surface area contributed by atoms with E-state index in [9.17, 15) is 9.59 Å². The average molecular weight is 484 g/mol. The molecule has 0 N–H and O–H groups in total. The molecule has 0 amide bonds. The molecule has 2 aromatic carbocycles. The van der Waals surface area contributed by atoms with Crippen LogP contribution in [0.2, 0.25) is 0 Å². The number of allylic oxidation sites excluding steroid dienone is 1. The number of hydrogen-bond donors (Lipinski definition) is 0. The second-order valence-corrected chi connectivity index (χ2v) is 9.88. The van der Waals surface area contributed by atoms with E-state index >= 15 is 0 Å². The van der Waals surface area contributed by atoms with Crippen LogP contribution in [-0.2, 0) is 19.1 Å². The number of benzene rings is 2. The van der Waals surface area contributed by atoms with Crippen molar-refractivity contribution < 1.29 is 19.1 Å². The number of esters is 2. The molecule has 9 heteroatoms. The van der Waals surface area contributed by atoms with Gasteiger partial charge >= 0.3 is 11.9 Å². The molecule has 172 valence electrons. The number of ether oxygens (including phenoxy) is 2. The van der Waals surface area contributed by atoms with Crippen LogP contribution in [0.4, 0.5) is 11.4 Å². The lowest BCUT2D eigenvalue weighted by molar-refractivity contribution is -0.137. The second-order valence-electron chi connectivity index (χ2n) is 7.28.